The summed E-state index contributed by atoms with van der Waals surface area (Å²) >= 11 is 0. The molecule has 0 radical (unpaired) electrons. The molecule has 4 heteroatoms. The molecule has 2 bridgehead atoms. The number of hydrogen-bond donors (Lipinski definition) is 1. The average Bonchev–Trinajstić information content (AvgIpc) is 2.87. The van der Waals surface area contributed by atoms with Crippen LogP contribution in [-0.2, 0) is 14.3 Å². The quantitative estimate of drug-likeness (QED) is 0.622. The normalized spacial score (nSPS) is 47.1. The Labute approximate surface area is 169 Å². The molecule has 28 heavy (non-hydrogen) atoms. The van der Waals surface area contributed by atoms with Crippen LogP contribution >= 0.6 is 0 Å². The highest BCUT2D eigenvalue weighted by atomic mass is 16.5. The van der Waals surface area contributed by atoms with Gasteiger partial charge in [-0.3, -0.25) is 9.59 Å². The molecule has 4 rings (SSSR count). The lowest BCUT2D eigenvalue weighted by atomic mass is 9.40. The number of carbonyl (C=O) groups excluding carboxylic acids is 1. The Morgan fingerprint density at radius 1 is 0.929 bits per heavy atom. The van der Waals surface area contributed by atoms with E-state index in [0.717, 1.165) is 12.3 Å². The van der Waals surface area contributed by atoms with Gasteiger partial charge in [0.2, 0.25) is 0 Å². The molecule has 1 N–H and O–H groups in total. The van der Waals surface area contributed by atoms with Crippen LogP contribution in [0.4, 0.5) is 0 Å². The van der Waals surface area contributed by atoms with Crippen molar-refractivity contribution < 1.29 is 19.4 Å². The summed E-state index contributed by atoms with van der Waals surface area (Å²) in [5.74, 6) is 0.150. The van der Waals surface area contributed by atoms with Crippen LogP contribution in [0.5, 0.6) is 0 Å². The SMILES string of the molecule is C[C@@]12CCC3[C@@](CCC4[C@@](C)(COC(=O)CCC(=O)O)CCC[C@]43C)(CC1)C2. The van der Waals surface area contributed by atoms with E-state index in [4.69, 9.17) is 9.84 Å². The van der Waals surface area contributed by atoms with Gasteiger partial charge in [0, 0.05) is 5.41 Å². The number of ether oxygens (including phenoxy) is 1. The summed E-state index contributed by atoms with van der Waals surface area (Å²) in [5.41, 5.74) is 1.57. The zero-order chi connectivity index (χ0) is 20.2. The summed E-state index contributed by atoms with van der Waals surface area (Å²) < 4.78 is 5.64. The van der Waals surface area contributed by atoms with Crippen LogP contribution in [-0.4, -0.2) is 23.7 Å². The molecule has 0 aromatic rings. The number of carbonyl (C=O) groups is 2. The smallest absolute Gasteiger partial charge is 0.306 e. The van der Waals surface area contributed by atoms with Crippen LogP contribution in [0.25, 0.3) is 0 Å². The lowest BCUT2D eigenvalue weighted by Gasteiger charge is -2.64. The van der Waals surface area contributed by atoms with Crippen LogP contribution in [0.2, 0.25) is 0 Å². The molecule has 0 aromatic heterocycles. The van der Waals surface area contributed by atoms with E-state index in [1.165, 1.54) is 57.8 Å². The average molecular weight is 391 g/mol. The van der Waals surface area contributed by atoms with Crippen LogP contribution in [0.3, 0.4) is 0 Å². The van der Waals surface area contributed by atoms with E-state index in [1.54, 1.807) is 0 Å². The van der Waals surface area contributed by atoms with Gasteiger partial charge in [-0.1, -0.05) is 27.2 Å². The standard InChI is InChI=1S/C24H38O4/c1-21-11-7-18-23(3)10-4-9-22(2,16-28-20(27)6-5-19(25)26)17(23)8-12-24(18,15-21)14-13-21/h17-18H,4-16H2,1-3H3,(H,25,26)/t17?,18?,21-,22-,23-,24+/m1/s1. The van der Waals surface area contributed by atoms with Gasteiger partial charge in [0.1, 0.15) is 0 Å². The molecule has 4 aliphatic rings. The molecule has 4 saturated carbocycles. The molecular weight excluding hydrogens is 352 g/mol. The summed E-state index contributed by atoms with van der Waals surface area (Å²) in [6.07, 6.45) is 13.2. The molecule has 2 unspecified atom stereocenters. The third kappa shape index (κ3) is 3.19. The van der Waals surface area contributed by atoms with Crippen molar-refractivity contribution in [2.45, 2.75) is 97.8 Å². The summed E-state index contributed by atoms with van der Waals surface area (Å²) in [7, 11) is 0. The number of esters is 1. The molecule has 0 heterocycles. The first-order valence-electron chi connectivity index (χ1n) is 11.5. The molecule has 0 saturated heterocycles. The molecule has 4 fully saturated rings. The van der Waals surface area contributed by atoms with Gasteiger partial charge >= 0.3 is 11.9 Å². The fourth-order valence-electron chi connectivity index (χ4n) is 8.55. The lowest BCUT2D eigenvalue weighted by Crippen LogP contribution is -2.57. The predicted octanol–water partition coefficient (Wildman–Crippen LogP) is 5.59. The van der Waals surface area contributed by atoms with Crippen LogP contribution in [0.1, 0.15) is 97.8 Å². The molecule has 0 aliphatic heterocycles. The van der Waals surface area contributed by atoms with Crippen molar-refractivity contribution in [3.8, 4) is 0 Å². The first kappa shape index (κ1) is 20.2. The van der Waals surface area contributed by atoms with Gasteiger partial charge in [0.25, 0.3) is 0 Å². The number of carboxylic acids is 1. The highest BCUT2D eigenvalue weighted by Crippen LogP contribution is 2.73. The second kappa shape index (κ2) is 6.74. The predicted molar refractivity (Wildman–Crippen MR) is 108 cm³/mol. The van der Waals surface area contributed by atoms with Gasteiger partial charge in [-0.2, -0.15) is 0 Å². The Hall–Kier alpha value is -1.06. The Kier molecular flexibility index (Phi) is 4.87. The minimum Gasteiger partial charge on any atom is -0.481 e. The van der Waals surface area contributed by atoms with Crippen LogP contribution < -0.4 is 0 Å². The third-order valence-corrected chi connectivity index (χ3v) is 9.71. The number of carboxylic acid groups (broad SMARTS) is 1. The number of aliphatic carboxylic acids is 1. The van der Waals surface area contributed by atoms with Crippen LogP contribution in [0.15, 0.2) is 0 Å². The lowest BCUT2D eigenvalue weighted by molar-refractivity contribution is -0.176. The zero-order valence-electron chi connectivity index (χ0n) is 18.0. The number of hydrogen-bond acceptors (Lipinski definition) is 3. The summed E-state index contributed by atoms with van der Waals surface area (Å²) in [6, 6.07) is 0. The topological polar surface area (TPSA) is 63.6 Å². The Bertz CT molecular complexity index is 659. The highest BCUT2D eigenvalue weighted by Gasteiger charge is 2.64. The maximum atomic E-state index is 12.1. The van der Waals surface area contributed by atoms with Crippen molar-refractivity contribution in [1.29, 1.82) is 0 Å². The highest BCUT2D eigenvalue weighted by molar-refractivity contribution is 5.76. The van der Waals surface area contributed by atoms with Crippen molar-refractivity contribution in [1.82, 2.24) is 0 Å². The monoisotopic (exact) mass is 390 g/mol. The maximum absolute atomic E-state index is 12.1. The Morgan fingerprint density at radius 2 is 1.68 bits per heavy atom. The fourth-order valence-corrected chi connectivity index (χ4v) is 8.55. The molecule has 0 aromatic carbocycles. The largest absolute Gasteiger partial charge is 0.481 e. The number of fused-ring (bicyclic) bond motifs is 3. The second-order valence-corrected chi connectivity index (χ2v) is 11.6. The van der Waals surface area contributed by atoms with Gasteiger partial charge in [-0.05, 0) is 85.9 Å². The van der Waals surface area contributed by atoms with Gasteiger partial charge in [-0.25, -0.2) is 0 Å². The summed E-state index contributed by atoms with van der Waals surface area (Å²) in [4.78, 5) is 22.8. The van der Waals surface area contributed by atoms with E-state index in [0.29, 0.717) is 28.8 Å². The van der Waals surface area contributed by atoms with E-state index < -0.39 is 5.97 Å². The van der Waals surface area contributed by atoms with E-state index in [-0.39, 0.29) is 24.2 Å². The Balaban J connectivity index is 1.49. The van der Waals surface area contributed by atoms with E-state index in [1.807, 2.05) is 0 Å². The zero-order valence-corrected chi connectivity index (χ0v) is 18.0. The van der Waals surface area contributed by atoms with Gasteiger partial charge in [0.05, 0.1) is 19.4 Å². The second-order valence-electron chi connectivity index (χ2n) is 11.6. The molecule has 158 valence electrons. The van der Waals surface area contributed by atoms with E-state index in [2.05, 4.69) is 20.8 Å². The van der Waals surface area contributed by atoms with Gasteiger partial charge in [0.15, 0.2) is 0 Å². The number of rotatable bonds is 5. The molecule has 6 atom stereocenters. The van der Waals surface area contributed by atoms with Gasteiger partial charge in [-0.15, -0.1) is 0 Å². The summed E-state index contributed by atoms with van der Waals surface area (Å²) in [5, 5.41) is 8.79. The Morgan fingerprint density at radius 3 is 2.43 bits per heavy atom. The molecule has 4 nitrogen and oxygen atoms in total. The van der Waals surface area contributed by atoms with E-state index >= 15 is 0 Å². The molecule has 4 aliphatic carbocycles. The van der Waals surface area contributed by atoms with Crippen molar-refractivity contribution in [3.63, 3.8) is 0 Å². The minimum atomic E-state index is -0.938. The van der Waals surface area contributed by atoms with Crippen molar-refractivity contribution in [2.24, 2.45) is 33.5 Å². The first-order chi connectivity index (χ1) is 13.1. The molecule has 1 spiro atoms. The van der Waals surface area contributed by atoms with Gasteiger partial charge < -0.3 is 9.84 Å². The molecular formula is C24H38O4. The van der Waals surface area contributed by atoms with Crippen LogP contribution in [0, 0.1) is 33.5 Å². The first-order valence-corrected chi connectivity index (χ1v) is 11.5. The third-order valence-electron chi connectivity index (χ3n) is 9.71. The van der Waals surface area contributed by atoms with Crippen molar-refractivity contribution in [2.75, 3.05) is 6.61 Å². The summed E-state index contributed by atoms with van der Waals surface area (Å²) in [6.45, 7) is 7.88. The van der Waals surface area contributed by atoms with Crippen molar-refractivity contribution >= 4 is 11.9 Å². The minimum absolute atomic E-state index is 0.0162. The van der Waals surface area contributed by atoms with E-state index in [9.17, 15) is 9.59 Å². The fraction of sp³-hybridized carbons (Fsp3) is 0.917. The van der Waals surface area contributed by atoms with Crippen molar-refractivity contribution in [3.05, 3.63) is 0 Å². The maximum Gasteiger partial charge on any atom is 0.306 e. The molecule has 0 amide bonds.